The Morgan fingerprint density at radius 2 is 1.62 bits per heavy atom. The van der Waals surface area contributed by atoms with Crippen molar-refractivity contribution in [3.63, 3.8) is 0 Å². The lowest BCUT2D eigenvalue weighted by atomic mass is 10.0. The van der Waals surface area contributed by atoms with Crippen LogP contribution < -0.4 is 9.47 Å². The second-order valence-corrected chi connectivity index (χ2v) is 4.92. The predicted molar refractivity (Wildman–Crippen MR) is 60.7 cm³/mol. The number of benzene rings is 1. The van der Waals surface area contributed by atoms with Crippen LogP contribution in [0, 0.1) is 0 Å². The summed E-state index contributed by atoms with van der Waals surface area (Å²) in [6, 6.07) is 0. The van der Waals surface area contributed by atoms with Gasteiger partial charge in [0.05, 0.1) is 5.02 Å². The zero-order chi connectivity index (χ0) is 11.4. The van der Waals surface area contributed by atoms with Crippen LogP contribution in [0.4, 0.5) is 0 Å². The molecule has 3 nitrogen and oxygen atoms in total. The minimum absolute atomic E-state index is 0.0679. The minimum atomic E-state index is 0.0679. The first kappa shape index (κ1) is 10.1. The molecule has 0 aliphatic carbocycles. The lowest BCUT2D eigenvalue weighted by Gasteiger charge is -2.10. The van der Waals surface area contributed by atoms with Crippen LogP contribution in [0.5, 0.6) is 17.2 Å². The normalized spacial score (nSPS) is 25.9. The van der Waals surface area contributed by atoms with Gasteiger partial charge in [-0.15, -0.1) is 0 Å². The van der Waals surface area contributed by atoms with E-state index in [4.69, 9.17) is 21.1 Å². The molecule has 2 atom stereocenters. The molecule has 2 aliphatic heterocycles. The van der Waals surface area contributed by atoms with E-state index in [0.717, 1.165) is 17.5 Å². The summed E-state index contributed by atoms with van der Waals surface area (Å²) in [5.74, 6) is 1.40. The van der Waals surface area contributed by atoms with Crippen LogP contribution in [0.15, 0.2) is 0 Å². The third kappa shape index (κ3) is 1.21. The highest BCUT2D eigenvalue weighted by molar-refractivity contribution is 6.33. The van der Waals surface area contributed by atoms with Crippen molar-refractivity contribution in [3.05, 3.63) is 16.1 Å². The Bertz CT molecular complexity index is 390. The molecular formula is C12H13ClO3. The summed E-state index contributed by atoms with van der Waals surface area (Å²) in [6.07, 6.45) is 1.55. The summed E-state index contributed by atoms with van der Waals surface area (Å²) < 4.78 is 11.2. The van der Waals surface area contributed by atoms with E-state index in [-0.39, 0.29) is 18.0 Å². The molecule has 0 radical (unpaired) electrons. The van der Waals surface area contributed by atoms with Crippen molar-refractivity contribution in [2.75, 3.05) is 0 Å². The number of hydrogen-bond acceptors (Lipinski definition) is 3. The smallest absolute Gasteiger partial charge is 0.166 e. The van der Waals surface area contributed by atoms with E-state index < -0.39 is 0 Å². The molecule has 0 amide bonds. The number of phenolic OH excluding ortho intramolecular Hbond substituents is 1. The van der Waals surface area contributed by atoms with Crippen molar-refractivity contribution in [2.24, 2.45) is 0 Å². The first-order chi connectivity index (χ1) is 7.58. The zero-order valence-electron chi connectivity index (χ0n) is 9.21. The van der Waals surface area contributed by atoms with E-state index in [1.54, 1.807) is 0 Å². The van der Waals surface area contributed by atoms with E-state index >= 15 is 0 Å². The molecule has 86 valence electrons. The molecule has 2 unspecified atom stereocenters. The van der Waals surface area contributed by atoms with E-state index in [1.165, 1.54) is 0 Å². The van der Waals surface area contributed by atoms with Gasteiger partial charge >= 0.3 is 0 Å². The van der Waals surface area contributed by atoms with Gasteiger partial charge in [0, 0.05) is 24.0 Å². The van der Waals surface area contributed by atoms with E-state index in [1.807, 2.05) is 13.8 Å². The van der Waals surface area contributed by atoms with Gasteiger partial charge in [-0.1, -0.05) is 11.6 Å². The van der Waals surface area contributed by atoms with Gasteiger partial charge in [0.25, 0.3) is 0 Å². The minimum Gasteiger partial charge on any atom is -0.504 e. The number of phenols is 1. The molecule has 0 saturated heterocycles. The number of rotatable bonds is 0. The van der Waals surface area contributed by atoms with Crippen molar-refractivity contribution in [3.8, 4) is 17.2 Å². The summed E-state index contributed by atoms with van der Waals surface area (Å²) in [5.41, 5.74) is 1.66. The van der Waals surface area contributed by atoms with Crippen molar-refractivity contribution < 1.29 is 14.6 Å². The van der Waals surface area contributed by atoms with Gasteiger partial charge in [0.1, 0.15) is 18.0 Å². The van der Waals surface area contributed by atoms with Gasteiger partial charge in [-0.25, -0.2) is 0 Å². The Labute approximate surface area is 98.9 Å². The standard InChI is InChI=1S/C12H13ClO3/c1-5-3-7-9(13)11-8(4-6(2)15-11)10(14)12(7)16-5/h5-6,14H,3-4H2,1-2H3. The van der Waals surface area contributed by atoms with Crippen molar-refractivity contribution in [1.82, 2.24) is 0 Å². The maximum Gasteiger partial charge on any atom is 0.166 e. The zero-order valence-corrected chi connectivity index (χ0v) is 9.97. The van der Waals surface area contributed by atoms with E-state index in [2.05, 4.69) is 0 Å². The summed E-state index contributed by atoms with van der Waals surface area (Å²) >= 11 is 6.29. The van der Waals surface area contributed by atoms with E-state index in [9.17, 15) is 5.11 Å². The number of halogens is 1. The quantitative estimate of drug-likeness (QED) is 0.758. The first-order valence-corrected chi connectivity index (χ1v) is 5.85. The number of aromatic hydroxyl groups is 1. The Morgan fingerprint density at radius 1 is 1.06 bits per heavy atom. The van der Waals surface area contributed by atoms with Gasteiger partial charge in [-0.2, -0.15) is 0 Å². The fraction of sp³-hybridized carbons (Fsp3) is 0.500. The fourth-order valence-electron chi connectivity index (χ4n) is 2.44. The molecule has 1 aromatic rings. The Morgan fingerprint density at radius 3 is 2.31 bits per heavy atom. The van der Waals surface area contributed by atoms with Crippen molar-refractivity contribution in [2.45, 2.75) is 38.9 Å². The highest BCUT2D eigenvalue weighted by atomic mass is 35.5. The molecule has 1 aromatic carbocycles. The Kier molecular flexibility index (Phi) is 2.02. The molecular weight excluding hydrogens is 228 g/mol. The van der Waals surface area contributed by atoms with Crippen LogP contribution in [0.3, 0.4) is 0 Å². The average Bonchev–Trinajstić information content (AvgIpc) is 2.78. The highest BCUT2D eigenvalue weighted by Crippen LogP contribution is 2.52. The Hall–Kier alpha value is -1.09. The lowest BCUT2D eigenvalue weighted by Crippen LogP contribution is -2.06. The Balaban J connectivity index is 2.22. The number of hydrogen-bond donors (Lipinski definition) is 1. The van der Waals surface area contributed by atoms with Gasteiger partial charge in [-0.05, 0) is 13.8 Å². The second kappa shape index (κ2) is 3.20. The lowest BCUT2D eigenvalue weighted by molar-refractivity contribution is 0.244. The monoisotopic (exact) mass is 240 g/mol. The summed E-state index contributed by atoms with van der Waals surface area (Å²) in [6.45, 7) is 3.93. The number of ether oxygens (including phenoxy) is 2. The molecule has 0 aromatic heterocycles. The molecule has 1 N–H and O–H groups in total. The third-order valence-electron chi connectivity index (χ3n) is 3.13. The topological polar surface area (TPSA) is 38.7 Å². The van der Waals surface area contributed by atoms with Gasteiger partial charge in [0.15, 0.2) is 11.5 Å². The fourth-order valence-corrected chi connectivity index (χ4v) is 2.76. The first-order valence-electron chi connectivity index (χ1n) is 5.47. The van der Waals surface area contributed by atoms with Gasteiger partial charge in [-0.3, -0.25) is 0 Å². The summed E-state index contributed by atoms with van der Waals surface area (Å²) in [5, 5.41) is 10.7. The molecule has 0 fully saturated rings. The molecule has 2 aliphatic rings. The highest BCUT2D eigenvalue weighted by Gasteiger charge is 2.35. The van der Waals surface area contributed by atoms with Crippen LogP contribution in [0.25, 0.3) is 0 Å². The van der Waals surface area contributed by atoms with Crippen LogP contribution in [0.2, 0.25) is 5.02 Å². The van der Waals surface area contributed by atoms with Crippen LogP contribution in [0.1, 0.15) is 25.0 Å². The maximum absolute atomic E-state index is 10.1. The average molecular weight is 241 g/mol. The molecule has 0 saturated carbocycles. The van der Waals surface area contributed by atoms with Crippen LogP contribution in [-0.2, 0) is 12.8 Å². The molecule has 4 heteroatoms. The van der Waals surface area contributed by atoms with Gasteiger partial charge in [0.2, 0.25) is 0 Å². The molecule has 0 bridgehead atoms. The van der Waals surface area contributed by atoms with Crippen molar-refractivity contribution in [1.29, 1.82) is 0 Å². The summed E-state index contributed by atoms with van der Waals surface area (Å²) in [4.78, 5) is 0. The van der Waals surface area contributed by atoms with Crippen molar-refractivity contribution >= 4 is 11.6 Å². The molecule has 16 heavy (non-hydrogen) atoms. The van der Waals surface area contributed by atoms with Crippen LogP contribution in [-0.4, -0.2) is 17.3 Å². The molecule has 3 rings (SSSR count). The SMILES string of the molecule is CC1Cc2c(Cl)c3c(c(O)c2O1)CC(C)O3. The molecule has 2 heterocycles. The van der Waals surface area contributed by atoms with Crippen LogP contribution >= 0.6 is 11.6 Å². The maximum atomic E-state index is 10.1. The van der Waals surface area contributed by atoms with Gasteiger partial charge < -0.3 is 14.6 Å². The third-order valence-corrected chi connectivity index (χ3v) is 3.53. The largest absolute Gasteiger partial charge is 0.504 e. The predicted octanol–water partition coefficient (Wildman–Crippen LogP) is 2.69. The number of fused-ring (bicyclic) bond motifs is 2. The van der Waals surface area contributed by atoms with E-state index in [0.29, 0.717) is 22.9 Å². The molecule has 0 spiro atoms. The second-order valence-electron chi connectivity index (χ2n) is 4.54. The summed E-state index contributed by atoms with van der Waals surface area (Å²) in [7, 11) is 0.